The molecule has 0 aromatic carbocycles. The van der Waals surface area contributed by atoms with E-state index in [0.717, 1.165) is 6.08 Å². The van der Waals surface area contributed by atoms with E-state index < -0.39 is 11.3 Å². The number of carbonyl (C=O) groups is 2. The number of hydrogen-bond acceptors (Lipinski definition) is 6. The number of methoxy groups -OCH3 is 1. The molecule has 0 aliphatic heterocycles. The van der Waals surface area contributed by atoms with Crippen LogP contribution in [0.5, 0.6) is 5.75 Å². The summed E-state index contributed by atoms with van der Waals surface area (Å²) in [5.41, 5.74) is -0.372. The second kappa shape index (κ2) is 8.50. The largest absolute Gasteiger partial charge is 0.507 e. The molecule has 0 bridgehead atoms. The normalized spacial score (nSPS) is 11.1. The molecule has 1 N–H and O–H groups in total. The second-order valence-corrected chi connectivity index (χ2v) is 6.03. The Bertz CT molecular complexity index is 938. The zero-order valence-corrected chi connectivity index (χ0v) is 15.7. The number of amides is 1. The summed E-state index contributed by atoms with van der Waals surface area (Å²) in [5, 5.41) is 9.92. The van der Waals surface area contributed by atoms with Crippen molar-refractivity contribution < 1.29 is 23.8 Å². The van der Waals surface area contributed by atoms with Gasteiger partial charge in [-0.15, -0.1) is 0 Å². The highest BCUT2D eigenvalue weighted by molar-refractivity contribution is 6.08. The quantitative estimate of drug-likeness (QED) is 0.583. The van der Waals surface area contributed by atoms with E-state index in [4.69, 9.17) is 9.15 Å². The third kappa shape index (κ3) is 4.53. The highest BCUT2D eigenvalue weighted by Gasteiger charge is 2.17. The standard InChI is InChI=1S/C19H22N2O6/c1-12-11-15(23)17(19(25)21(12)3)14(22)7-5-13-6-8-16(27-13)18(24)20(2)9-10-26-4/h5-8,11,23H,9-10H2,1-4H3. The number of hydrogen-bond donors (Lipinski definition) is 1. The molecule has 0 spiro atoms. The van der Waals surface area contributed by atoms with Gasteiger partial charge in [-0.25, -0.2) is 0 Å². The summed E-state index contributed by atoms with van der Waals surface area (Å²) in [7, 11) is 4.69. The van der Waals surface area contributed by atoms with Gasteiger partial charge >= 0.3 is 0 Å². The van der Waals surface area contributed by atoms with Gasteiger partial charge < -0.3 is 23.7 Å². The topological polar surface area (TPSA) is 102 Å². The van der Waals surface area contributed by atoms with Crippen LogP contribution in [0.1, 0.15) is 32.4 Å². The minimum atomic E-state index is -0.658. The van der Waals surface area contributed by atoms with Crippen molar-refractivity contribution in [1.29, 1.82) is 0 Å². The first kappa shape index (κ1) is 20.2. The number of rotatable bonds is 7. The van der Waals surface area contributed by atoms with Gasteiger partial charge in [0.15, 0.2) is 11.5 Å². The van der Waals surface area contributed by atoms with Gasteiger partial charge in [-0.05, 0) is 31.2 Å². The van der Waals surface area contributed by atoms with Gasteiger partial charge in [0, 0.05) is 39.5 Å². The average molecular weight is 374 g/mol. The predicted octanol–water partition coefficient (Wildman–Crippen LogP) is 1.61. The third-order valence-corrected chi connectivity index (χ3v) is 4.11. The van der Waals surface area contributed by atoms with Crippen LogP contribution in [-0.4, -0.2) is 53.6 Å². The van der Waals surface area contributed by atoms with Gasteiger partial charge in [-0.2, -0.15) is 0 Å². The van der Waals surface area contributed by atoms with Gasteiger partial charge in [0.2, 0.25) is 0 Å². The molecule has 8 nitrogen and oxygen atoms in total. The lowest BCUT2D eigenvalue weighted by molar-refractivity contribution is 0.0713. The smallest absolute Gasteiger partial charge is 0.289 e. The maximum absolute atomic E-state index is 12.3. The van der Waals surface area contributed by atoms with Crippen LogP contribution in [0, 0.1) is 6.92 Å². The first-order chi connectivity index (χ1) is 12.8. The molecule has 0 saturated heterocycles. The minimum absolute atomic E-state index is 0.120. The summed E-state index contributed by atoms with van der Waals surface area (Å²) in [5.74, 6) is -0.956. The number of furan rings is 1. The summed E-state index contributed by atoms with van der Waals surface area (Å²) in [4.78, 5) is 38.1. The van der Waals surface area contributed by atoms with E-state index in [1.807, 2.05) is 0 Å². The predicted molar refractivity (Wildman–Crippen MR) is 99.0 cm³/mol. The van der Waals surface area contributed by atoms with Crippen molar-refractivity contribution in [3.63, 3.8) is 0 Å². The fourth-order valence-electron chi connectivity index (χ4n) is 2.35. The Morgan fingerprint density at radius 2 is 2.07 bits per heavy atom. The van der Waals surface area contributed by atoms with Crippen LogP contribution in [0.3, 0.4) is 0 Å². The summed E-state index contributed by atoms with van der Waals surface area (Å²) >= 11 is 0. The van der Waals surface area contributed by atoms with Crippen molar-refractivity contribution in [3.05, 3.63) is 57.4 Å². The van der Waals surface area contributed by atoms with Gasteiger partial charge in [-0.1, -0.05) is 0 Å². The summed E-state index contributed by atoms with van der Waals surface area (Å²) in [6.45, 7) is 2.46. The number of ketones is 1. The van der Waals surface area contributed by atoms with Crippen LogP contribution in [0.4, 0.5) is 0 Å². The van der Waals surface area contributed by atoms with E-state index in [0.29, 0.717) is 18.8 Å². The van der Waals surface area contributed by atoms with Crippen LogP contribution in [0.25, 0.3) is 6.08 Å². The van der Waals surface area contributed by atoms with Gasteiger partial charge in [0.05, 0.1) is 6.61 Å². The van der Waals surface area contributed by atoms with Crippen molar-refractivity contribution in [2.75, 3.05) is 27.3 Å². The number of aromatic nitrogens is 1. The molecule has 1 amide bonds. The Balaban J connectivity index is 2.17. The van der Waals surface area contributed by atoms with E-state index in [1.165, 1.54) is 40.8 Å². The number of carbonyl (C=O) groups excluding carboxylic acids is 2. The molecular weight excluding hydrogens is 352 g/mol. The van der Waals surface area contributed by atoms with Crippen molar-refractivity contribution in [3.8, 4) is 5.75 Å². The Morgan fingerprint density at radius 3 is 2.74 bits per heavy atom. The first-order valence-electron chi connectivity index (χ1n) is 8.22. The maximum Gasteiger partial charge on any atom is 0.289 e. The SMILES string of the molecule is COCCN(C)C(=O)c1ccc(C=CC(=O)c2c(O)cc(C)n(C)c2=O)o1. The van der Waals surface area contributed by atoms with Gasteiger partial charge in [0.25, 0.3) is 11.5 Å². The number of allylic oxidation sites excluding steroid dienone is 1. The number of aryl methyl sites for hydroxylation is 1. The maximum atomic E-state index is 12.3. The third-order valence-electron chi connectivity index (χ3n) is 4.11. The average Bonchev–Trinajstić information content (AvgIpc) is 3.10. The zero-order valence-electron chi connectivity index (χ0n) is 15.7. The van der Waals surface area contributed by atoms with Crippen molar-refractivity contribution in [1.82, 2.24) is 9.47 Å². The highest BCUT2D eigenvalue weighted by atomic mass is 16.5. The molecule has 144 valence electrons. The molecule has 0 atom stereocenters. The molecule has 2 aromatic heterocycles. The van der Waals surface area contributed by atoms with E-state index in [-0.39, 0.29) is 28.7 Å². The van der Waals surface area contributed by atoms with E-state index in [2.05, 4.69) is 0 Å². The molecule has 0 unspecified atom stereocenters. The summed E-state index contributed by atoms with van der Waals surface area (Å²) in [6.07, 6.45) is 2.46. The molecule has 0 aliphatic carbocycles. The van der Waals surface area contributed by atoms with Crippen LogP contribution >= 0.6 is 0 Å². The second-order valence-electron chi connectivity index (χ2n) is 6.03. The molecule has 0 saturated carbocycles. The molecule has 0 aliphatic rings. The van der Waals surface area contributed by atoms with Crippen LogP contribution in [-0.2, 0) is 11.8 Å². The minimum Gasteiger partial charge on any atom is -0.507 e. The molecule has 2 rings (SSSR count). The Labute approximate surface area is 156 Å². The van der Waals surface area contributed by atoms with Crippen LogP contribution < -0.4 is 5.56 Å². The monoisotopic (exact) mass is 374 g/mol. The molecule has 27 heavy (non-hydrogen) atoms. The Kier molecular flexibility index (Phi) is 6.36. The Morgan fingerprint density at radius 1 is 1.37 bits per heavy atom. The van der Waals surface area contributed by atoms with Crippen molar-refractivity contribution in [2.45, 2.75) is 6.92 Å². The van der Waals surface area contributed by atoms with Gasteiger partial charge in [-0.3, -0.25) is 14.4 Å². The number of likely N-dealkylation sites (N-methyl/N-ethyl adjacent to an activating group) is 1. The number of aromatic hydroxyl groups is 1. The lowest BCUT2D eigenvalue weighted by Crippen LogP contribution is -2.29. The highest BCUT2D eigenvalue weighted by Crippen LogP contribution is 2.17. The molecular formula is C19H22N2O6. The number of nitrogens with zero attached hydrogens (tertiary/aromatic N) is 2. The lowest BCUT2D eigenvalue weighted by atomic mass is 10.1. The fourth-order valence-corrected chi connectivity index (χ4v) is 2.35. The summed E-state index contributed by atoms with van der Waals surface area (Å²) < 4.78 is 11.6. The lowest BCUT2D eigenvalue weighted by Gasteiger charge is -2.14. The molecule has 0 fully saturated rings. The van der Waals surface area contributed by atoms with Gasteiger partial charge in [0.1, 0.15) is 17.1 Å². The first-order valence-corrected chi connectivity index (χ1v) is 8.22. The van der Waals surface area contributed by atoms with Crippen molar-refractivity contribution >= 4 is 17.8 Å². The molecule has 8 heteroatoms. The Hall–Kier alpha value is -3.13. The number of ether oxygens (including phenoxy) is 1. The van der Waals surface area contributed by atoms with E-state index in [9.17, 15) is 19.5 Å². The number of pyridine rings is 1. The fraction of sp³-hybridized carbons (Fsp3) is 0.316. The summed E-state index contributed by atoms with van der Waals surface area (Å²) in [6, 6.07) is 4.38. The van der Waals surface area contributed by atoms with E-state index >= 15 is 0 Å². The van der Waals surface area contributed by atoms with Crippen LogP contribution in [0.15, 0.2) is 33.5 Å². The van der Waals surface area contributed by atoms with Crippen molar-refractivity contribution in [2.24, 2.45) is 7.05 Å². The molecule has 2 heterocycles. The molecule has 2 aromatic rings. The van der Waals surface area contributed by atoms with Crippen LogP contribution in [0.2, 0.25) is 0 Å². The zero-order chi connectivity index (χ0) is 20.1. The van der Waals surface area contributed by atoms with E-state index in [1.54, 1.807) is 21.1 Å². The molecule has 0 radical (unpaired) electrons.